The van der Waals surface area contributed by atoms with Gasteiger partial charge in [0.25, 0.3) is 0 Å². The Morgan fingerprint density at radius 2 is 1.79 bits per heavy atom. The van der Waals surface area contributed by atoms with Crippen molar-refractivity contribution in [3.63, 3.8) is 0 Å². The Kier molecular flexibility index (Phi) is 5.11. The number of carbonyl (C=O) groups excluding carboxylic acids is 1. The van der Waals surface area contributed by atoms with Gasteiger partial charge in [0, 0.05) is 37.7 Å². The molecule has 7 nitrogen and oxygen atoms in total. The van der Waals surface area contributed by atoms with Crippen LogP contribution >= 0.6 is 0 Å². The average molecular weight is 336 g/mol. The standard InChI is InChI=1S/C17H24N2O5/c1-21-14-5-4-13(12-15(14)22-2)18-16(20)19-8-6-17(7-9-19)23-10-3-11-24-17/h4-5,12H,3,6-11H2,1-2H3,(H,18,20). The monoisotopic (exact) mass is 336 g/mol. The molecule has 2 fully saturated rings. The molecular formula is C17H24N2O5. The van der Waals surface area contributed by atoms with E-state index in [1.807, 2.05) is 0 Å². The Morgan fingerprint density at radius 3 is 2.42 bits per heavy atom. The number of ether oxygens (including phenoxy) is 4. The fraction of sp³-hybridized carbons (Fsp3) is 0.588. The van der Waals surface area contributed by atoms with Crippen molar-refractivity contribution in [3.8, 4) is 11.5 Å². The topological polar surface area (TPSA) is 69.3 Å². The fourth-order valence-electron chi connectivity index (χ4n) is 3.07. The quantitative estimate of drug-likeness (QED) is 0.918. The van der Waals surface area contributed by atoms with Crippen LogP contribution in [-0.4, -0.2) is 57.2 Å². The van der Waals surface area contributed by atoms with Crippen LogP contribution in [0, 0.1) is 0 Å². The Morgan fingerprint density at radius 1 is 1.12 bits per heavy atom. The molecule has 0 atom stereocenters. The largest absolute Gasteiger partial charge is 0.493 e. The zero-order chi connectivity index (χ0) is 17.0. The molecule has 2 saturated heterocycles. The third-order valence-corrected chi connectivity index (χ3v) is 4.47. The summed E-state index contributed by atoms with van der Waals surface area (Å²) in [6.45, 7) is 2.69. The molecule has 0 bridgehead atoms. The molecule has 0 aromatic heterocycles. The van der Waals surface area contributed by atoms with E-state index in [1.165, 1.54) is 0 Å². The smallest absolute Gasteiger partial charge is 0.321 e. The highest BCUT2D eigenvalue weighted by Gasteiger charge is 2.39. The van der Waals surface area contributed by atoms with Crippen molar-refractivity contribution in [3.05, 3.63) is 18.2 Å². The summed E-state index contributed by atoms with van der Waals surface area (Å²) < 4.78 is 22.1. The lowest BCUT2D eigenvalue weighted by Gasteiger charge is -2.43. The number of urea groups is 1. The molecule has 2 amide bonds. The summed E-state index contributed by atoms with van der Waals surface area (Å²) in [5.41, 5.74) is 0.670. The van der Waals surface area contributed by atoms with Gasteiger partial charge in [-0.2, -0.15) is 0 Å². The second-order valence-electron chi connectivity index (χ2n) is 5.95. The van der Waals surface area contributed by atoms with Gasteiger partial charge in [-0.1, -0.05) is 0 Å². The number of piperidine rings is 1. The summed E-state index contributed by atoms with van der Waals surface area (Å²) in [5, 5.41) is 2.90. The first-order valence-electron chi connectivity index (χ1n) is 8.22. The first-order chi connectivity index (χ1) is 11.7. The van der Waals surface area contributed by atoms with Crippen LogP contribution in [0.2, 0.25) is 0 Å². The second kappa shape index (κ2) is 7.27. The second-order valence-corrected chi connectivity index (χ2v) is 5.95. The number of carbonyl (C=O) groups is 1. The van der Waals surface area contributed by atoms with Crippen LogP contribution in [0.3, 0.4) is 0 Å². The Hall–Kier alpha value is -1.99. The van der Waals surface area contributed by atoms with Crippen molar-refractivity contribution in [2.24, 2.45) is 0 Å². The molecule has 0 unspecified atom stereocenters. The Labute approximate surface area is 141 Å². The van der Waals surface area contributed by atoms with Crippen molar-refractivity contribution in [2.45, 2.75) is 25.0 Å². The first kappa shape index (κ1) is 16.9. The van der Waals surface area contributed by atoms with E-state index in [0.29, 0.717) is 43.1 Å². The summed E-state index contributed by atoms with van der Waals surface area (Å²) in [4.78, 5) is 14.2. The molecule has 1 spiro atoms. The van der Waals surface area contributed by atoms with Gasteiger partial charge in [-0.3, -0.25) is 0 Å². The normalized spacial score (nSPS) is 19.8. The van der Waals surface area contributed by atoms with Crippen LogP contribution < -0.4 is 14.8 Å². The molecule has 7 heteroatoms. The van der Waals surface area contributed by atoms with Crippen LogP contribution in [0.4, 0.5) is 10.5 Å². The highest BCUT2D eigenvalue weighted by atomic mass is 16.7. The van der Waals surface area contributed by atoms with Gasteiger partial charge in [0.05, 0.1) is 27.4 Å². The number of nitrogens with one attached hydrogen (secondary N) is 1. The van der Waals surface area contributed by atoms with E-state index in [0.717, 1.165) is 19.6 Å². The Balaban J connectivity index is 1.58. The maximum atomic E-state index is 12.5. The predicted octanol–water partition coefficient (Wildman–Crippen LogP) is 2.46. The van der Waals surface area contributed by atoms with Crippen LogP contribution in [0.5, 0.6) is 11.5 Å². The van der Waals surface area contributed by atoms with Gasteiger partial charge in [-0.05, 0) is 18.6 Å². The number of methoxy groups -OCH3 is 2. The molecule has 132 valence electrons. The molecule has 24 heavy (non-hydrogen) atoms. The minimum Gasteiger partial charge on any atom is -0.493 e. The molecule has 1 aromatic rings. The first-order valence-corrected chi connectivity index (χ1v) is 8.22. The number of nitrogens with zero attached hydrogens (tertiary/aromatic N) is 1. The summed E-state index contributed by atoms with van der Waals surface area (Å²) in [6, 6.07) is 5.17. The molecule has 2 heterocycles. The molecule has 3 rings (SSSR count). The van der Waals surface area contributed by atoms with E-state index < -0.39 is 5.79 Å². The zero-order valence-corrected chi connectivity index (χ0v) is 14.2. The fourth-order valence-corrected chi connectivity index (χ4v) is 3.07. The number of anilines is 1. The molecule has 0 aliphatic carbocycles. The highest BCUT2D eigenvalue weighted by molar-refractivity contribution is 5.89. The van der Waals surface area contributed by atoms with E-state index in [9.17, 15) is 4.79 Å². The number of benzene rings is 1. The minimum atomic E-state index is -0.488. The van der Waals surface area contributed by atoms with Gasteiger partial charge in [0.1, 0.15) is 0 Å². The number of likely N-dealkylation sites (tertiary alicyclic amines) is 1. The molecule has 0 radical (unpaired) electrons. The molecule has 1 N–H and O–H groups in total. The van der Waals surface area contributed by atoms with Crippen molar-refractivity contribution >= 4 is 11.7 Å². The van der Waals surface area contributed by atoms with E-state index in [1.54, 1.807) is 37.3 Å². The van der Waals surface area contributed by atoms with Gasteiger partial charge in [0.2, 0.25) is 0 Å². The lowest BCUT2D eigenvalue weighted by atomic mass is 10.0. The van der Waals surface area contributed by atoms with Crippen LogP contribution in [0.25, 0.3) is 0 Å². The van der Waals surface area contributed by atoms with Gasteiger partial charge in [-0.25, -0.2) is 4.79 Å². The third-order valence-electron chi connectivity index (χ3n) is 4.47. The number of amides is 2. The Bertz CT molecular complexity index is 576. The lowest BCUT2D eigenvalue weighted by molar-refractivity contribution is -0.281. The highest BCUT2D eigenvalue weighted by Crippen LogP contribution is 2.32. The van der Waals surface area contributed by atoms with E-state index in [-0.39, 0.29) is 6.03 Å². The zero-order valence-electron chi connectivity index (χ0n) is 14.2. The van der Waals surface area contributed by atoms with E-state index >= 15 is 0 Å². The van der Waals surface area contributed by atoms with E-state index in [4.69, 9.17) is 18.9 Å². The summed E-state index contributed by atoms with van der Waals surface area (Å²) in [7, 11) is 3.15. The van der Waals surface area contributed by atoms with Gasteiger partial charge < -0.3 is 29.2 Å². The summed E-state index contributed by atoms with van der Waals surface area (Å²) in [6.07, 6.45) is 2.34. The predicted molar refractivity (Wildman–Crippen MR) is 88.6 cm³/mol. The van der Waals surface area contributed by atoms with Crippen LogP contribution in [-0.2, 0) is 9.47 Å². The lowest BCUT2D eigenvalue weighted by Crippen LogP contribution is -2.52. The van der Waals surface area contributed by atoms with Crippen molar-refractivity contribution in [2.75, 3.05) is 45.8 Å². The van der Waals surface area contributed by atoms with Crippen molar-refractivity contribution in [1.82, 2.24) is 4.90 Å². The molecular weight excluding hydrogens is 312 g/mol. The third kappa shape index (κ3) is 3.57. The minimum absolute atomic E-state index is 0.132. The number of hydrogen-bond acceptors (Lipinski definition) is 5. The molecule has 1 aromatic carbocycles. The summed E-state index contributed by atoms with van der Waals surface area (Å²) in [5.74, 6) is 0.720. The molecule has 2 aliphatic heterocycles. The van der Waals surface area contributed by atoms with Gasteiger partial charge in [-0.15, -0.1) is 0 Å². The maximum absolute atomic E-state index is 12.5. The van der Waals surface area contributed by atoms with Crippen molar-refractivity contribution < 1.29 is 23.7 Å². The average Bonchev–Trinajstić information content (AvgIpc) is 2.62. The van der Waals surface area contributed by atoms with Crippen molar-refractivity contribution in [1.29, 1.82) is 0 Å². The number of rotatable bonds is 3. The maximum Gasteiger partial charge on any atom is 0.321 e. The molecule has 0 saturated carbocycles. The number of hydrogen-bond donors (Lipinski definition) is 1. The van der Waals surface area contributed by atoms with E-state index in [2.05, 4.69) is 5.32 Å². The van der Waals surface area contributed by atoms with Gasteiger partial charge in [0.15, 0.2) is 17.3 Å². The SMILES string of the molecule is COc1ccc(NC(=O)N2CCC3(CC2)OCCCO3)cc1OC. The van der Waals surface area contributed by atoms with Gasteiger partial charge >= 0.3 is 6.03 Å². The van der Waals surface area contributed by atoms with Crippen LogP contribution in [0.15, 0.2) is 18.2 Å². The summed E-state index contributed by atoms with van der Waals surface area (Å²) >= 11 is 0. The van der Waals surface area contributed by atoms with Crippen LogP contribution in [0.1, 0.15) is 19.3 Å². The molecule has 2 aliphatic rings.